The Hall–Kier alpha value is -0.360. The van der Waals surface area contributed by atoms with Gasteiger partial charge < -0.3 is 4.90 Å². The van der Waals surface area contributed by atoms with Crippen molar-refractivity contribution in [3.05, 3.63) is 40.4 Å². The summed E-state index contributed by atoms with van der Waals surface area (Å²) in [6.07, 6.45) is 2.93. The van der Waals surface area contributed by atoms with E-state index in [1.165, 1.54) is 0 Å². The second-order valence-electron chi connectivity index (χ2n) is 3.67. The average molecular weight is 392 g/mol. The molecular weight excluding hydrogens is 381 g/mol. The lowest BCUT2D eigenvalue weighted by Crippen LogP contribution is -2.35. The van der Waals surface area contributed by atoms with Crippen LogP contribution in [0.3, 0.4) is 0 Å². The topological polar surface area (TPSA) is 20.3 Å². The van der Waals surface area contributed by atoms with Crippen LogP contribution in [0.25, 0.3) is 5.70 Å². The minimum absolute atomic E-state index is 0.0637. The van der Waals surface area contributed by atoms with Crippen LogP contribution in [0.2, 0.25) is 0 Å². The van der Waals surface area contributed by atoms with E-state index < -0.39 is 0 Å². The molecule has 1 aromatic carbocycles. The minimum atomic E-state index is 0.0637. The molecular formula is C12H11BrINO. The van der Waals surface area contributed by atoms with Gasteiger partial charge in [0, 0.05) is 22.8 Å². The molecule has 0 bridgehead atoms. The predicted molar refractivity (Wildman–Crippen MR) is 77.3 cm³/mol. The van der Waals surface area contributed by atoms with E-state index in [9.17, 15) is 4.79 Å². The van der Waals surface area contributed by atoms with Crippen LogP contribution in [0.1, 0.15) is 12.0 Å². The van der Waals surface area contributed by atoms with Crippen LogP contribution in [0.15, 0.2) is 34.8 Å². The summed E-state index contributed by atoms with van der Waals surface area (Å²) in [6, 6.07) is 7.97. The Labute approximate surface area is 117 Å². The summed E-state index contributed by atoms with van der Waals surface area (Å²) in [7, 11) is 1.83. The van der Waals surface area contributed by atoms with Crippen molar-refractivity contribution in [1.82, 2.24) is 4.90 Å². The summed E-state index contributed by atoms with van der Waals surface area (Å²) in [5, 5.41) is 0. The Morgan fingerprint density at radius 3 is 2.81 bits per heavy atom. The van der Waals surface area contributed by atoms with Gasteiger partial charge in [-0.15, -0.1) is 0 Å². The zero-order valence-corrected chi connectivity index (χ0v) is 12.5. The Bertz CT molecular complexity index is 458. The molecule has 1 atom stereocenters. The Morgan fingerprint density at radius 2 is 2.12 bits per heavy atom. The van der Waals surface area contributed by atoms with E-state index >= 15 is 0 Å². The monoisotopic (exact) mass is 391 g/mol. The number of carbonyl (C=O) groups excluding carboxylic acids is 1. The first-order valence-electron chi connectivity index (χ1n) is 4.98. The lowest BCUT2D eigenvalue weighted by Gasteiger charge is -2.28. The number of amides is 1. The molecule has 1 aromatic rings. The normalized spacial score (nSPS) is 20.9. The van der Waals surface area contributed by atoms with E-state index in [0.29, 0.717) is 0 Å². The first kappa shape index (κ1) is 12.1. The van der Waals surface area contributed by atoms with Gasteiger partial charge in [0.05, 0.1) is 3.92 Å². The molecule has 0 saturated heterocycles. The third kappa shape index (κ3) is 2.18. The fourth-order valence-corrected chi connectivity index (χ4v) is 2.90. The molecule has 0 spiro atoms. The fourth-order valence-electron chi connectivity index (χ4n) is 1.74. The van der Waals surface area contributed by atoms with E-state index in [1.54, 1.807) is 4.90 Å². The van der Waals surface area contributed by atoms with Gasteiger partial charge in [0.1, 0.15) is 0 Å². The van der Waals surface area contributed by atoms with Crippen molar-refractivity contribution in [1.29, 1.82) is 0 Å². The number of alkyl halides is 1. The van der Waals surface area contributed by atoms with Crippen LogP contribution in [0.4, 0.5) is 0 Å². The molecule has 84 valence electrons. The van der Waals surface area contributed by atoms with Crippen molar-refractivity contribution in [2.75, 3.05) is 7.05 Å². The van der Waals surface area contributed by atoms with Gasteiger partial charge in [-0.2, -0.15) is 0 Å². The van der Waals surface area contributed by atoms with Crippen LogP contribution in [0, 0.1) is 0 Å². The third-order valence-electron chi connectivity index (χ3n) is 2.63. The van der Waals surface area contributed by atoms with E-state index in [1.807, 2.05) is 31.3 Å². The highest BCUT2D eigenvalue weighted by Gasteiger charge is 2.26. The predicted octanol–water partition coefficient (Wildman–Crippen LogP) is 3.46. The molecule has 1 heterocycles. The number of allylic oxidation sites excluding steroid dienone is 1. The lowest BCUT2D eigenvalue weighted by atomic mass is 10.1. The second-order valence-corrected chi connectivity index (χ2v) is 6.03. The maximum atomic E-state index is 11.9. The number of hydrogen-bond acceptors (Lipinski definition) is 1. The highest BCUT2D eigenvalue weighted by Crippen LogP contribution is 2.31. The van der Waals surface area contributed by atoms with E-state index in [0.717, 1.165) is 22.2 Å². The summed E-state index contributed by atoms with van der Waals surface area (Å²) in [5.74, 6) is 0.175. The Balaban J connectivity index is 2.42. The Kier molecular flexibility index (Phi) is 3.69. The molecule has 1 unspecified atom stereocenters. The highest BCUT2D eigenvalue weighted by atomic mass is 127. The van der Waals surface area contributed by atoms with Crippen molar-refractivity contribution in [3.63, 3.8) is 0 Å². The summed E-state index contributed by atoms with van der Waals surface area (Å²) in [5.41, 5.74) is 2.06. The van der Waals surface area contributed by atoms with Crippen molar-refractivity contribution < 1.29 is 4.79 Å². The van der Waals surface area contributed by atoms with Crippen LogP contribution in [-0.2, 0) is 4.79 Å². The van der Waals surface area contributed by atoms with Crippen molar-refractivity contribution >= 4 is 50.1 Å². The molecule has 16 heavy (non-hydrogen) atoms. The van der Waals surface area contributed by atoms with Crippen molar-refractivity contribution in [3.8, 4) is 0 Å². The zero-order chi connectivity index (χ0) is 11.7. The SMILES string of the molecule is CN1C(=O)C(I)CC=C1c1ccccc1Br. The lowest BCUT2D eigenvalue weighted by molar-refractivity contribution is -0.126. The summed E-state index contributed by atoms with van der Waals surface area (Å²) in [4.78, 5) is 13.6. The number of hydrogen-bond donors (Lipinski definition) is 0. The maximum absolute atomic E-state index is 11.9. The smallest absolute Gasteiger partial charge is 0.240 e. The zero-order valence-electron chi connectivity index (χ0n) is 8.78. The van der Waals surface area contributed by atoms with Crippen molar-refractivity contribution in [2.45, 2.75) is 10.3 Å². The maximum Gasteiger partial charge on any atom is 0.240 e. The van der Waals surface area contributed by atoms with Gasteiger partial charge in [0.15, 0.2) is 0 Å². The molecule has 0 saturated carbocycles. The van der Waals surface area contributed by atoms with Crippen molar-refractivity contribution in [2.24, 2.45) is 0 Å². The molecule has 2 nitrogen and oxygen atoms in total. The van der Waals surface area contributed by atoms with Crippen LogP contribution < -0.4 is 0 Å². The number of halogens is 2. The largest absolute Gasteiger partial charge is 0.314 e. The van der Waals surface area contributed by atoms with Gasteiger partial charge in [0.2, 0.25) is 5.91 Å². The number of carbonyl (C=O) groups is 1. The molecule has 0 aliphatic carbocycles. The molecule has 0 aromatic heterocycles. The first-order valence-corrected chi connectivity index (χ1v) is 7.02. The van der Waals surface area contributed by atoms with Crippen LogP contribution in [0.5, 0.6) is 0 Å². The average Bonchev–Trinajstić information content (AvgIpc) is 2.28. The fraction of sp³-hybridized carbons (Fsp3) is 0.250. The molecule has 0 N–H and O–H groups in total. The first-order chi connectivity index (χ1) is 7.61. The minimum Gasteiger partial charge on any atom is -0.314 e. The van der Waals surface area contributed by atoms with Crippen LogP contribution >= 0.6 is 38.5 Å². The van der Waals surface area contributed by atoms with E-state index in [-0.39, 0.29) is 9.83 Å². The van der Waals surface area contributed by atoms with Gasteiger partial charge in [-0.25, -0.2) is 0 Å². The molecule has 2 rings (SSSR count). The molecule has 0 radical (unpaired) electrons. The molecule has 1 amide bonds. The highest BCUT2D eigenvalue weighted by molar-refractivity contribution is 14.1. The van der Waals surface area contributed by atoms with E-state index in [2.05, 4.69) is 44.6 Å². The van der Waals surface area contributed by atoms with Crippen LogP contribution in [-0.4, -0.2) is 21.8 Å². The van der Waals surface area contributed by atoms with Gasteiger partial charge in [-0.1, -0.05) is 62.8 Å². The molecule has 1 aliphatic heterocycles. The van der Waals surface area contributed by atoms with E-state index in [4.69, 9.17) is 0 Å². The summed E-state index contributed by atoms with van der Waals surface area (Å²) >= 11 is 5.70. The summed E-state index contributed by atoms with van der Waals surface area (Å²) in [6.45, 7) is 0. The number of rotatable bonds is 1. The van der Waals surface area contributed by atoms with Gasteiger partial charge >= 0.3 is 0 Å². The van der Waals surface area contributed by atoms with Gasteiger partial charge in [0.25, 0.3) is 0 Å². The number of benzene rings is 1. The summed E-state index contributed by atoms with van der Waals surface area (Å²) < 4.78 is 1.08. The standard InChI is InChI=1S/C12H11BrINO/c1-15-11(7-6-10(14)12(15)16)8-4-2-3-5-9(8)13/h2-5,7,10H,6H2,1H3. The molecule has 0 fully saturated rings. The molecule has 4 heteroatoms. The second kappa shape index (κ2) is 4.87. The molecule has 1 aliphatic rings. The quantitative estimate of drug-likeness (QED) is 0.530. The number of nitrogens with zero attached hydrogens (tertiary/aromatic N) is 1. The van der Waals surface area contributed by atoms with Gasteiger partial charge in [-0.05, 0) is 12.5 Å². The van der Waals surface area contributed by atoms with Gasteiger partial charge in [-0.3, -0.25) is 4.79 Å². The Morgan fingerprint density at radius 1 is 1.44 bits per heavy atom. The third-order valence-corrected chi connectivity index (χ3v) is 4.36.